The second-order valence-corrected chi connectivity index (χ2v) is 12.1. The molecule has 0 saturated carbocycles. The maximum absolute atomic E-state index is 9.71. The van der Waals surface area contributed by atoms with Gasteiger partial charge in [-0.1, -0.05) is 85.0 Å². The van der Waals surface area contributed by atoms with E-state index < -0.39 is 12.5 Å². The molecule has 3 unspecified atom stereocenters. The lowest BCUT2D eigenvalue weighted by molar-refractivity contribution is 0.275. The van der Waals surface area contributed by atoms with Crippen LogP contribution in [0.3, 0.4) is 0 Å². The molecule has 0 amide bonds. The number of rotatable bonds is 3. The summed E-state index contributed by atoms with van der Waals surface area (Å²) in [6.07, 6.45) is -1.13. The van der Waals surface area contributed by atoms with Crippen LogP contribution < -0.4 is 10.6 Å². The smallest absolute Gasteiger partial charge is 0.178 e. The van der Waals surface area contributed by atoms with Crippen molar-refractivity contribution in [2.24, 2.45) is 0 Å². The van der Waals surface area contributed by atoms with E-state index in [9.17, 15) is 5.26 Å². The van der Waals surface area contributed by atoms with Crippen molar-refractivity contribution in [3.05, 3.63) is 149 Å². The number of aromatic nitrogens is 1. The number of benzene rings is 6. The SMILES string of the molecule is N#Cc1cccc(C2NC(c3cccc4oc5c(ccc6c7ccccc7oc65)c34)[N-]C(n3c4ccccc4c4ccccc43)N2)c1. The Kier molecular flexibility index (Phi) is 5.63. The highest BCUT2D eigenvalue weighted by Crippen LogP contribution is 2.45. The summed E-state index contributed by atoms with van der Waals surface area (Å²) in [6, 6.07) is 45.4. The molecule has 47 heavy (non-hydrogen) atoms. The molecule has 1 saturated heterocycles. The Morgan fingerprint density at radius 2 is 1.28 bits per heavy atom. The summed E-state index contributed by atoms with van der Waals surface area (Å²) in [5, 5.41) is 29.1. The maximum Gasteiger partial charge on any atom is 0.178 e. The van der Waals surface area contributed by atoms with Gasteiger partial charge in [0, 0.05) is 43.4 Å². The Labute approximate surface area is 268 Å². The molecule has 7 nitrogen and oxygen atoms in total. The highest BCUT2D eigenvalue weighted by molar-refractivity contribution is 6.19. The van der Waals surface area contributed by atoms with E-state index >= 15 is 0 Å². The minimum atomic E-state index is -0.419. The van der Waals surface area contributed by atoms with Gasteiger partial charge in [-0.2, -0.15) is 5.26 Å². The van der Waals surface area contributed by atoms with E-state index in [4.69, 9.17) is 14.2 Å². The fourth-order valence-corrected chi connectivity index (χ4v) is 7.41. The molecule has 1 fully saturated rings. The predicted molar refractivity (Wildman–Crippen MR) is 186 cm³/mol. The van der Waals surface area contributed by atoms with Gasteiger partial charge < -0.3 is 24.0 Å². The first kappa shape index (κ1) is 26.3. The Balaban J connectivity index is 1.18. The van der Waals surface area contributed by atoms with E-state index in [1.54, 1.807) is 0 Å². The average molecular weight is 609 g/mol. The van der Waals surface area contributed by atoms with Crippen LogP contribution in [0.5, 0.6) is 0 Å². The fraction of sp³-hybridized carbons (Fsp3) is 0.0750. The molecule has 3 aromatic heterocycles. The molecule has 7 heteroatoms. The summed E-state index contributed by atoms with van der Waals surface area (Å²) in [6.45, 7) is 0. The molecule has 3 atom stereocenters. The van der Waals surface area contributed by atoms with Gasteiger partial charge >= 0.3 is 0 Å². The zero-order valence-corrected chi connectivity index (χ0v) is 25.0. The molecular formula is C40H26N5O2-. The number of nitrogens with zero attached hydrogens (tertiary/aromatic N) is 3. The number of nitriles is 1. The highest BCUT2D eigenvalue weighted by atomic mass is 16.4. The molecule has 1 aliphatic rings. The number of para-hydroxylation sites is 3. The van der Waals surface area contributed by atoms with Crippen molar-refractivity contribution in [3.63, 3.8) is 0 Å². The minimum absolute atomic E-state index is 0.300. The predicted octanol–water partition coefficient (Wildman–Crippen LogP) is 9.89. The number of fused-ring (bicyclic) bond motifs is 10. The van der Waals surface area contributed by atoms with Crippen LogP contribution in [0.2, 0.25) is 0 Å². The zero-order valence-electron chi connectivity index (χ0n) is 25.0. The normalized spacial score (nSPS) is 18.6. The third-order valence-electron chi connectivity index (χ3n) is 9.48. The summed E-state index contributed by atoms with van der Waals surface area (Å²) < 4.78 is 15.2. The maximum atomic E-state index is 9.71. The molecular weight excluding hydrogens is 582 g/mol. The first-order valence-electron chi connectivity index (χ1n) is 15.7. The van der Waals surface area contributed by atoms with Crippen molar-refractivity contribution in [2.75, 3.05) is 0 Å². The standard InChI is InChI=1S/C40H26N5O2/c41-22-23-9-7-10-24(21-23)38-42-39(44-40(43-38)45-31-15-4-1-11-25(31)26-12-2-5-16-32(26)45)30-14-8-18-34-35(30)29-20-19-28-27-13-3-6-17-33(27)46-36(28)37(29)47-34/h1-21,38-40,42-43H/q-1. The van der Waals surface area contributed by atoms with Crippen molar-refractivity contribution in [3.8, 4) is 6.07 Å². The first-order chi connectivity index (χ1) is 23.2. The van der Waals surface area contributed by atoms with Crippen molar-refractivity contribution >= 4 is 65.7 Å². The van der Waals surface area contributed by atoms with Crippen molar-refractivity contribution in [1.82, 2.24) is 15.2 Å². The Bertz CT molecular complexity index is 2670. The van der Waals surface area contributed by atoms with Crippen LogP contribution in [0, 0.1) is 11.3 Å². The van der Waals surface area contributed by atoms with Gasteiger partial charge in [0.15, 0.2) is 11.2 Å². The molecule has 1 aliphatic heterocycles. The van der Waals surface area contributed by atoms with Crippen LogP contribution in [-0.2, 0) is 0 Å². The van der Waals surface area contributed by atoms with Crippen LogP contribution in [0.1, 0.15) is 35.3 Å². The second kappa shape index (κ2) is 10.0. The zero-order chi connectivity index (χ0) is 31.1. The van der Waals surface area contributed by atoms with Crippen LogP contribution in [0.4, 0.5) is 0 Å². The van der Waals surface area contributed by atoms with Crippen molar-refractivity contribution in [2.45, 2.75) is 18.6 Å². The van der Waals surface area contributed by atoms with E-state index in [0.717, 1.165) is 66.0 Å². The largest absolute Gasteiger partial charge is 0.610 e. The molecule has 6 aromatic carbocycles. The molecule has 2 N–H and O–H groups in total. The number of furan rings is 2. The quantitative estimate of drug-likeness (QED) is 0.208. The second-order valence-electron chi connectivity index (χ2n) is 12.1. The summed E-state index contributed by atoms with van der Waals surface area (Å²) in [5.74, 6) is 0. The molecule has 10 rings (SSSR count). The fourth-order valence-electron chi connectivity index (χ4n) is 7.41. The van der Waals surface area contributed by atoms with E-state index in [-0.39, 0.29) is 6.17 Å². The third kappa shape index (κ3) is 3.90. The van der Waals surface area contributed by atoms with E-state index in [1.807, 2.05) is 54.6 Å². The summed E-state index contributed by atoms with van der Waals surface area (Å²) >= 11 is 0. The minimum Gasteiger partial charge on any atom is -0.610 e. The molecule has 9 aromatic rings. The first-order valence-corrected chi connectivity index (χ1v) is 15.7. The molecule has 0 bridgehead atoms. The van der Waals surface area contributed by atoms with Gasteiger partial charge in [-0.15, -0.1) is 0 Å². The Morgan fingerprint density at radius 1 is 0.617 bits per heavy atom. The van der Waals surface area contributed by atoms with Gasteiger partial charge in [0.1, 0.15) is 11.2 Å². The summed E-state index contributed by atoms with van der Waals surface area (Å²) in [5.41, 5.74) is 7.85. The van der Waals surface area contributed by atoms with Crippen molar-refractivity contribution < 1.29 is 8.83 Å². The van der Waals surface area contributed by atoms with Gasteiger partial charge in [0.25, 0.3) is 0 Å². The van der Waals surface area contributed by atoms with Gasteiger partial charge in [-0.25, -0.2) is 0 Å². The molecule has 0 radical (unpaired) electrons. The molecule has 4 heterocycles. The Morgan fingerprint density at radius 3 is 2.09 bits per heavy atom. The third-order valence-corrected chi connectivity index (χ3v) is 9.48. The average Bonchev–Trinajstić information content (AvgIpc) is 3.81. The van der Waals surface area contributed by atoms with Crippen LogP contribution in [0.25, 0.3) is 71.0 Å². The highest BCUT2D eigenvalue weighted by Gasteiger charge is 2.27. The molecule has 0 spiro atoms. The van der Waals surface area contributed by atoms with Gasteiger partial charge in [0.05, 0.1) is 17.8 Å². The van der Waals surface area contributed by atoms with Gasteiger partial charge in [-0.3, -0.25) is 5.32 Å². The van der Waals surface area contributed by atoms with E-state index in [0.29, 0.717) is 5.56 Å². The van der Waals surface area contributed by atoms with Crippen LogP contribution >= 0.6 is 0 Å². The van der Waals surface area contributed by atoms with Crippen molar-refractivity contribution in [1.29, 1.82) is 5.26 Å². The number of nitrogens with one attached hydrogen (secondary N) is 2. The van der Waals surface area contributed by atoms with Crippen LogP contribution in [0.15, 0.2) is 136 Å². The summed E-state index contributed by atoms with van der Waals surface area (Å²) in [7, 11) is 0. The topological polar surface area (TPSA) is 93.2 Å². The van der Waals surface area contributed by atoms with E-state index in [2.05, 4.69) is 94.1 Å². The lowest BCUT2D eigenvalue weighted by Gasteiger charge is -2.51. The monoisotopic (exact) mass is 608 g/mol. The lowest BCUT2D eigenvalue weighted by Crippen LogP contribution is -2.46. The summed E-state index contributed by atoms with van der Waals surface area (Å²) in [4.78, 5) is 0. The van der Waals surface area contributed by atoms with E-state index in [1.165, 1.54) is 10.8 Å². The Hall–Kier alpha value is -5.91. The van der Waals surface area contributed by atoms with Gasteiger partial charge in [-0.05, 0) is 65.9 Å². The number of hydrogen-bond donors (Lipinski definition) is 2. The lowest BCUT2D eigenvalue weighted by atomic mass is 10.0. The number of hydrogen-bond acceptors (Lipinski definition) is 5. The molecule has 0 aliphatic carbocycles. The molecule has 224 valence electrons. The van der Waals surface area contributed by atoms with Crippen LogP contribution in [-0.4, -0.2) is 4.57 Å². The van der Waals surface area contributed by atoms with Gasteiger partial charge in [0.2, 0.25) is 0 Å².